The van der Waals surface area contributed by atoms with Crippen molar-refractivity contribution in [1.82, 2.24) is 14.1 Å². The Balaban J connectivity index is 1.26. The quantitative estimate of drug-likeness (QED) is 0.0767. The molecule has 0 radical (unpaired) electrons. The van der Waals surface area contributed by atoms with Gasteiger partial charge in [-0.15, -0.1) is 0 Å². The van der Waals surface area contributed by atoms with Gasteiger partial charge >= 0.3 is 0 Å². The van der Waals surface area contributed by atoms with Gasteiger partial charge in [-0.2, -0.15) is 4.57 Å². The van der Waals surface area contributed by atoms with E-state index in [2.05, 4.69) is 244 Å². The average Bonchev–Trinajstić information content (AvgIpc) is 3.86. The number of hydrogen-bond donors (Lipinski definition) is 0. The van der Waals surface area contributed by atoms with Crippen LogP contribution in [0.5, 0.6) is 0 Å². The molecule has 4 nitrogen and oxygen atoms in total. The van der Waals surface area contributed by atoms with Gasteiger partial charge in [0.25, 0.3) is 0 Å². The predicted octanol–water partition coefficient (Wildman–Crippen LogP) is 11.3. The van der Waals surface area contributed by atoms with Crippen LogP contribution in [0.15, 0.2) is 195 Å². The molecule has 0 unspecified atom stereocenters. The lowest BCUT2D eigenvalue weighted by Crippen LogP contribution is -2.74. The normalized spacial score (nSPS) is 12.1. The fourth-order valence-electron chi connectivity index (χ4n) is 10.0. The summed E-state index contributed by atoms with van der Waals surface area (Å²) in [6, 6.07) is 68.4. The van der Waals surface area contributed by atoms with Gasteiger partial charge in [0.2, 0.25) is 6.33 Å². The van der Waals surface area contributed by atoms with E-state index in [1.165, 1.54) is 64.8 Å². The summed E-state index contributed by atoms with van der Waals surface area (Å²) in [6.07, 6.45) is 4.28. The fraction of sp³-hybridized carbons (Fsp3) is 0.158. The SMILES string of the molecule is CC(C)c1cccc(C(C)C)c1-c1ccnc(-n2c3ccccc3c3ccc([Si](c4ccccc4)(c4ccccc4)c4cccc(-n5c[n+](C(C)C)c6ccccc65)c4)cc32)c1. The molecule has 0 N–H and O–H groups in total. The molecule has 3 aromatic heterocycles. The number of fused-ring (bicyclic) bond motifs is 4. The molecular formula is C57H53N4Si+. The van der Waals surface area contributed by atoms with Crippen molar-refractivity contribution in [3.05, 3.63) is 206 Å². The van der Waals surface area contributed by atoms with Crippen LogP contribution in [-0.2, 0) is 0 Å². The maximum atomic E-state index is 5.18. The second-order valence-electron chi connectivity index (χ2n) is 17.6. The zero-order valence-corrected chi connectivity index (χ0v) is 37.5. The van der Waals surface area contributed by atoms with Crippen LogP contribution >= 0.6 is 0 Å². The number of benzene rings is 7. The van der Waals surface area contributed by atoms with Gasteiger partial charge in [0, 0.05) is 17.0 Å². The molecule has 0 saturated carbocycles. The van der Waals surface area contributed by atoms with E-state index in [-0.39, 0.29) is 0 Å². The van der Waals surface area contributed by atoms with Crippen molar-refractivity contribution in [2.24, 2.45) is 0 Å². The van der Waals surface area contributed by atoms with E-state index in [0.717, 1.165) is 22.5 Å². The summed E-state index contributed by atoms with van der Waals surface area (Å²) >= 11 is 0. The third-order valence-electron chi connectivity index (χ3n) is 12.9. The van der Waals surface area contributed by atoms with Crippen LogP contribution in [0, 0.1) is 0 Å². The van der Waals surface area contributed by atoms with Crippen LogP contribution in [0.2, 0.25) is 0 Å². The summed E-state index contributed by atoms with van der Waals surface area (Å²) in [6.45, 7) is 13.7. The Morgan fingerprint density at radius 2 is 1.06 bits per heavy atom. The molecule has 0 aliphatic rings. The molecule has 304 valence electrons. The Hall–Kier alpha value is -6.82. The largest absolute Gasteiger partial charge is 0.294 e. The Labute approximate surface area is 366 Å². The number of imidazole rings is 1. The predicted molar refractivity (Wildman–Crippen MR) is 263 cm³/mol. The van der Waals surface area contributed by atoms with Gasteiger partial charge in [0.15, 0.2) is 19.1 Å². The van der Waals surface area contributed by atoms with Crippen molar-refractivity contribution in [1.29, 1.82) is 0 Å². The molecule has 0 aliphatic heterocycles. The zero-order valence-electron chi connectivity index (χ0n) is 36.5. The van der Waals surface area contributed by atoms with Gasteiger partial charge < -0.3 is 0 Å². The topological polar surface area (TPSA) is 26.6 Å². The molecule has 0 amide bonds. The molecule has 0 bridgehead atoms. The summed E-state index contributed by atoms with van der Waals surface area (Å²) in [5.74, 6) is 1.69. The summed E-state index contributed by atoms with van der Waals surface area (Å²) in [5, 5.41) is 7.77. The van der Waals surface area contributed by atoms with Crippen molar-refractivity contribution in [3.8, 4) is 22.6 Å². The molecule has 5 heteroatoms. The highest BCUT2D eigenvalue weighted by Gasteiger charge is 2.42. The highest BCUT2D eigenvalue weighted by Crippen LogP contribution is 2.38. The van der Waals surface area contributed by atoms with E-state index in [1.54, 1.807) is 0 Å². The van der Waals surface area contributed by atoms with Crippen LogP contribution < -0.4 is 25.3 Å². The van der Waals surface area contributed by atoms with Crippen LogP contribution in [0.4, 0.5) is 0 Å². The smallest absolute Gasteiger partial charge is 0.250 e. The number of nitrogens with zero attached hydrogens (tertiary/aromatic N) is 4. The molecular weight excluding hydrogens is 769 g/mol. The number of rotatable bonds is 10. The van der Waals surface area contributed by atoms with Crippen LogP contribution in [0.3, 0.4) is 0 Å². The van der Waals surface area contributed by atoms with Crippen molar-refractivity contribution < 1.29 is 4.57 Å². The van der Waals surface area contributed by atoms with Gasteiger partial charge in [-0.1, -0.05) is 161 Å². The van der Waals surface area contributed by atoms with Crippen molar-refractivity contribution in [3.63, 3.8) is 0 Å². The summed E-state index contributed by atoms with van der Waals surface area (Å²) in [4.78, 5) is 5.18. The van der Waals surface area contributed by atoms with Crippen molar-refractivity contribution >= 4 is 61.7 Å². The van der Waals surface area contributed by atoms with Crippen LogP contribution in [0.1, 0.15) is 70.5 Å². The Bertz CT molecular complexity index is 3160. The number of aromatic nitrogens is 4. The lowest BCUT2D eigenvalue weighted by molar-refractivity contribution is -0.691. The molecule has 10 aromatic rings. The number of para-hydroxylation sites is 3. The van der Waals surface area contributed by atoms with Gasteiger partial charge in [-0.05, 0) is 117 Å². The molecule has 0 atom stereocenters. The Kier molecular flexibility index (Phi) is 10.1. The van der Waals surface area contributed by atoms with E-state index in [9.17, 15) is 0 Å². The standard InChI is InChI=1S/C57H53N4Si/c1-39(2)48-26-18-27-49(40(3)4)57(48)42-33-34-58-56(35-42)61-52-28-14-13-25-50(52)51-32-31-47(37-55(51)61)62(44-20-9-7-10-21-44,45-22-11-8-12-23-45)46-24-17-19-43(36-46)60-38-59(41(5)6)53-29-15-16-30-54(53)60/h7-41H,1-6H3/q+1. The zero-order chi connectivity index (χ0) is 42.5. The van der Waals surface area contributed by atoms with Crippen molar-refractivity contribution in [2.75, 3.05) is 0 Å². The Morgan fingerprint density at radius 1 is 0.484 bits per heavy atom. The minimum absolute atomic E-state index is 0.322. The first kappa shape index (κ1) is 39.3. The number of pyridine rings is 1. The van der Waals surface area contributed by atoms with E-state index >= 15 is 0 Å². The number of hydrogen-bond acceptors (Lipinski definition) is 1. The second-order valence-corrected chi connectivity index (χ2v) is 21.4. The second kappa shape index (κ2) is 15.9. The molecule has 62 heavy (non-hydrogen) atoms. The molecule has 0 fully saturated rings. The highest BCUT2D eigenvalue weighted by atomic mass is 28.3. The lowest BCUT2D eigenvalue weighted by Gasteiger charge is -2.34. The maximum Gasteiger partial charge on any atom is 0.250 e. The van der Waals surface area contributed by atoms with Gasteiger partial charge in [-0.25, -0.2) is 9.55 Å². The molecule has 0 saturated heterocycles. The molecule has 10 rings (SSSR count). The third kappa shape index (κ3) is 6.42. The molecule has 0 spiro atoms. The van der Waals surface area contributed by atoms with E-state index in [1.807, 2.05) is 6.20 Å². The highest BCUT2D eigenvalue weighted by molar-refractivity contribution is 7.20. The first-order chi connectivity index (χ1) is 30.3. The van der Waals surface area contributed by atoms with Gasteiger partial charge in [0.1, 0.15) is 11.5 Å². The molecule has 0 aliphatic carbocycles. The maximum absolute atomic E-state index is 5.18. The van der Waals surface area contributed by atoms with Crippen molar-refractivity contribution in [2.45, 2.75) is 59.4 Å². The first-order valence-electron chi connectivity index (χ1n) is 22.1. The summed E-state index contributed by atoms with van der Waals surface area (Å²) in [5.41, 5.74) is 11.2. The van der Waals surface area contributed by atoms with E-state index < -0.39 is 8.07 Å². The van der Waals surface area contributed by atoms with Gasteiger partial charge in [-0.3, -0.25) is 4.57 Å². The first-order valence-corrected chi connectivity index (χ1v) is 24.1. The Morgan fingerprint density at radius 3 is 1.74 bits per heavy atom. The average molecular weight is 822 g/mol. The minimum atomic E-state index is -2.99. The van der Waals surface area contributed by atoms with Gasteiger partial charge in [0.05, 0.1) is 17.1 Å². The third-order valence-corrected chi connectivity index (χ3v) is 17.7. The van der Waals surface area contributed by atoms with E-state index in [0.29, 0.717) is 17.9 Å². The minimum Gasteiger partial charge on any atom is -0.294 e. The lowest BCUT2D eigenvalue weighted by atomic mass is 9.85. The molecule has 3 heterocycles. The molecule has 7 aromatic carbocycles. The van der Waals surface area contributed by atoms with E-state index in [4.69, 9.17) is 4.98 Å². The monoisotopic (exact) mass is 821 g/mol. The van der Waals surface area contributed by atoms with Crippen LogP contribution in [-0.4, -0.2) is 22.2 Å². The van der Waals surface area contributed by atoms with Crippen LogP contribution in [0.25, 0.3) is 55.5 Å². The fourth-order valence-corrected chi connectivity index (χ4v) is 14.8. The summed E-state index contributed by atoms with van der Waals surface area (Å²) < 4.78 is 7.16. The summed E-state index contributed by atoms with van der Waals surface area (Å²) in [7, 11) is -2.99.